The summed E-state index contributed by atoms with van der Waals surface area (Å²) in [5.41, 5.74) is 0.651. The quantitative estimate of drug-likeness (QED) is 0.672. The number of carbonyl (C=O) groups excluding carboxylic acids is 2. The van der Waals surface area contributed by atoms with E-state index in [9.17, 15) is 14.7 Å². The first-order valence-corrected chi connectivity index (χ1v) is 6.19. The highest BCUT2D eigenvalue weighted by atomic mass is 79.9. The van der Waals surface area contributed by atoms with Gasteiger partial charge in [0.05, 0.1) is 11.3 Å². The van der Waals surface area contributed by atoms with E-state index < -0.39 is 0 Å². The summed E-state index contributed by atoms with van der Waals surface area (Å²) in [6, 6.07) is 4.86. The number of hydrogen-bond donors (Lipinski definition) is 1. The van der Waals surface area contributed by atoms with Crippen LogP contribution < -0.4 is 4.90 Å². The lowest BCUT2D eigenvalue weighted by molar-refractivity contribution is -0.117. The van der Waals surface area contributed by atoms with Gasteiger partial charge >= 0.3 is 0 Å². The zero-order chi connectivity index (χ0) is 12.6. The van der Waals surface area contributed by atoms with Gasteiger partial charge in [-0.1, -0.05) is 22.0 Å². The molecule has 1 atom stereocenters. The van der Waals surface area contributed by atoms with Crippen molar-refractivity contribution in [2.75, 3.05) is 11.4 Å². The third-order valence-corrected chi connectivity index (χ3v) is 3.38. The van der Waals surface area contributed by atoms with Crippen molar-refractivity contribution in [3.8, 4) is 5.75 Å². The van der Waals surface area contributed by atoms with Gasteiger partial charge in [0.15, 0.2) is 5.78 Å². The maximum atomic E-state index is 11.7. The zero-order valence-electron chi connectivity index (χ0n) is 9.31. The Balaban J connectivity index is 2.43. The molecule has 2 rings (SSSR count). The average molecular weight is 298 g/mol. The number of alkyl halides is 1. The number of phenolic OH excluding ortho intramolecular Hbond substituents is 1. The highest BCUT2D eigenvalue weighted by Gasteiger charge is 2.31. The summed E-state index contributed by atoms with van der Waals surface area (Å²) in [7, 11) is 0. The largest absolute Gasteiger partial charge is 0.505 e. The number of amides is 1. The van der Waals surface area contributed by atoms with Crippen LogP contribution in [0.4, 0.5) is 5.69 Å². The molecule has 1 aliphatic rings. The van der Waals surface area contributed by atoms with Gasteiger partial charge < -0.3 is 10.0 Å². The van der Waals surface area contributed by atoms with Crippen LogP contribution >= 0.6 is 15.9 Å². The second-order valence-electron chi connectivity index (χ2n) is 4.04. The SMILES string of the molecule is CC(=O)c1cccc(N2CC(Br)CC2=O)c1O. The molecule has 1 aromatic carbocycles. The minimum atomic E-state index is -0.216. The normalized spacial score (nSPS) is 19.8. The molecule has 0 spiro atoms. The van der Waals surface area contributed by atoms with E-state index in [2.05, 4.69) is 15.9 Å². The molecule has 4 nitrogen and oxygen atoms in total. The number of phenols is 1. The summed E-state index contributed by atoms with van der Waals surface area (Å²) in [4.78, 5) is 24.6. The molecule has 1 unspecified atom stereocenters. The first-order chi connectivity index (χ1) is 8.00. The van der Waals surface area contributed by atoms with Gasteiger partial charge in [0, 0.05) is 17.8 Å². The average Bonchev–Trinajstić information content (AvgIpc) is 2.57. The molecule has 1 heterocycles. The number of ketones is 1. The lowest BCUT2D eigenvalue weighted by atomic mass is 10.1. The van der Waals surface area contributed by atoms with Crippen LogP contribution in [0.15, 0.2) is 18.2 Å². The van der Waals surface area contributed by atoms with Gasteiger partial charge in [-0.3, -0.25) is 9.59 Å². The van der Waals surface area contributed by atoms with Gasteiger partial charge in [-0.05, 0) is 19.1 Å². The van der Waals surface area contributed by atoms with Crippen molar-refractivity contribution >= 4 is 33.3 Å². The van der Waals surface area contributed by atoms with Crippen LogP contribution in [0.25, 0.3) is 0 Å². The first kappa shape index (κ1) is 12.1. The van der Waals surface area contributed by atoms with Crippen molar-refractivity contribution in [1.29, 1.82) is 0 Å². The first-order valence-electron chi connectivity index (χ1n) is 5.28. The number of Topliss-reactive ketones (excluding diaryl/α,β-unsaturated/α-hetero) is 1. The zero-order valence-corrected chi connectivity index (χ0v) is 10.9. The van der Waals surface area contributed by atoms with Crippen molar-refractivity contribution in [1.82, 2.24) is 0 Å². The van der Waals surface area contributed by atoms with Crippen LogP contribution in [0.1, 0.15) is 23.7 Å². The molecular formula is C12H12BrNO3. The van der Waals surface area contributed by atoms with E-state index in [0.717, 1.165) is 0 Å². The fourth-order valence-electron chi connectivity index (χ4n) is 1.93. The molecule has 90 valence electrons. The number of nitrogens with zero attached hydrogens (tertiary/aromatic N) is 1. The minimum Gasteiger partial charge on any atom is -0.505 e. The summed E-state index contributed by atoms with van der Waals surface area (Å²) < 4.78 is 0. The van der Waals surface area contributed by atoms with Crippen molar-refractivity contribution < 1.29 is 14.7 Å². The molecule has 1 fully saturated rings. The molecule has 1 aliphatic heterocycles. The molecule has 0 saturated carbocycles. The van der Waals surface area contributed by atoms with E-state index in [-0.39, 0.29) is 27.8 Å². The van der Waals surface area contributed by atoms with Crippen LogP contribution in [0.5, 0.6) is 5.75 Å². The summed E-state index contributed by atoms with van der Waals surface area (Å²) in [6.07, 6.45) is 0.406. The maximum absolute atomic E-state index is 11.7. The lowest BCUT2D eigenvalue weighted by Gasteiger charge is -2.18. The molecule has 17 heavy (non-hydrogen) atoms. The molecule has 1 saturated heterocycles. The van der Waals surface area contributed by atoms with Crippen molar-refractivity contribution in [3.05, 3.63) is 23.8 Å². The highest BCUT2D eigenvalue weighted by molar-refractivity contribution is 9.09. The predicted octanol–water partition coefficient (Wildman–Crippen LogP) is 2.10. The molecule has 5 heteroatoms. The van der Waals surface area contributed by atoms with Crippen molar-refractivity contribution in [3.63, 3.8) is 0 Å². The van der Waals surface area contributed by atoms with Crippen LogP contribution in [0.2, 0.25) is 0 Å². The number of para-hydroxylation sites is 1. The number of carbonyl (C=O) groups is 2. The molecule has 0 radical (unpaired) electrons. The second-order valence-corrected chi connectivity index (χ2v) is 5.33. The van der Waals surface area contributed by atoms with E-state index in [1.165, 1.54) is 11.8 Å². The van der Waals surface area contributed by atoms with Crippen LogP contribution in [0.3, 0.4) is 0 Å². The Morgan fingerprint density at radius 1 is 1.53 bits per heavy atom. The molecule has 1 N–H and O–H groups in total. The monoisotopic (exact) mass is 297 g/mol. The number of rotatable bonds is 2. The fraction of sp³-hybridized carbons (Fsp3) is 0.333. The summed E-state index contributed by atoms with van der Waals surface area (Å²) >= 11 is 3.38. The topological polar surface area (TPSA) is 57.6 Å². The Hall–Kier alpha value is -1.36. The minimum absolute atomic E-state index is 0.0529. The Morgan fingerprint density at radius 3 is 2.76 bits per heavy atom. The van der Waals surface area contributed by atoms with E-state index in [0.29, 0.717) is 18.7 Å². The number of halogens is 1. The van der Waals surface area contributed by atoms with Crippen molar-refractivity contribution in [2.24, 2.45) is 0 Å². The molecule has 0 bridgehead atoms. The third-order valence-electron chi connectivity index (χ3n) is 2.76. The summed E-state index contributed by atoms with van der Waals surface area (Å²) in [5, 5.41) is 9.99. The molecular weight excluding hydrogens is 286 g/mol. The van der Waals surface area contributed by atoms with Crippen LogP contribution in [-0.2, 0) is 4.79 Å². The fourth-order valence-corrected chi connectivity index (χ4v) is 2.50. The Kier molecular flexibility index (Phi) is 3.19. The Morgan fingerprint density at radius 2 is 2.24 bits per heavy atom. The smallest absolute Gasteiger partial charge is 0.228 e. The van der Waals surface area contributed by atoms with E-state index in [4.69, 9.17) is 0 Å². The maximum Gasteiger partial charge on any atom is 0.228 e. The molecule has 1 aromatic rings. The Bertz CT molecular complexity index is 487. The van der Waals surface area contributed by atoms with Gasteiger partial charge in [0.2, 0.25) is 5.91 Å². The number of hydrogen-bond acceptors (Lipinski definition) is 3. The predicted molar refractivity (Wildman–Crippen MR) is 67.8 cm³/mol. The van der Waals surface area contributed by atoms with Gasteiger partial charge in [-0.25, -0.2) is 0 Å². The number of anilines is 1. The van der Waals surface area contributed by atoms with Gasteiger partial charge in [-0.2, -0.15) is 0 Å². The van der Waals surface area contributed by atoms with Gasteiger partial charge in [-0.15, -0.1) is 0 Å². The number of benzene rings is 1. The third kappa shape index (κ3) is 2.20. The van der Waals surface area contributed by atoms with Crippen molar-refractivity contribution in [2.45, 2.75) is 18.2 Å². The summed E-state index contributed by atoms with van der Waals surface area (Å²) in [5.74, 6) is -0.385. The summed E-state index contributed by atoms with van der Waals surface area (Å²) in [6.45, 7) is 1.89. The molecule has 0 aliphatic carbocycles. The lowest BCUT2D eigenvalue weighted by Crippen LogP contribution is -2.24. The standard InChI is InChI=1S/C12H12BrNO3/c1-7(15)9-3-2-4-10(12(9)17)14-6-8(13)5-11(14)16/h2-4,8,17H,5-6H2,1H3. The Labute approximate surface area is 107 Å². The van der Waals surface area contributed by atoms with E-state index in [1.807, 2.05) is 0 Å². The highest BCUT2D eigenvalue weighted by Crippen LogP contribution is 2.34. The van der Waals surface area contributed by atoms with Gasteiger partial charge in [0.1, 0.15) is 5.75 Å². The van der Waals surface area contributed by atoms with Crippen LogP contribution in [0, 0.1) is 0 Å². The molecule has 0 aromatic heterocycles. The van der Waals surface area contributed by atoms with E-state index >= 15 is 0 Å². The van der Waals surface area contributed by atoms with E-state index in [1.54, 1.807) is 18.2 Å². The van der Waals surface area contributed by atoms with Crippen LogP contribution in [-0.4, -0.2) is 28.2 Å². The second kappa shape index (κ2) is 4.49. The van der Waals surface area contributed by atoms with Gasteiger partial charge in [0.25, 0.3) is 0 Å². The number of aromatic hydroxyl groups is 1. The molecule has 1 amide bonds.